The zero-order valence-electron chi connectivity index (χ0n) is 14.1. The zero-order valence-corrected chi connectivity index (χ0v) is 17.3. The van der Waals surface area contributed by atoms with Crippen LogP contribution in [0.15, 0.2) is 22.3 Å². The maximum atomic E-state index is 11.0. The molecule has 0 aromatic rings. The lowest BCUT2D eigenvalue weighted by Crippen LogP contribution is -2.43. The first-order valence-corrected chi connectivity index (χ1v) is 11.5. The Balaban J connectivity index is 4.45. The molecule has 0 fully saturated rings. The Kier molecular flexibility index (Phi) is 9.72. The van der Waals surface area contributed by atoms with Gasteiger partial charge in [-0.3, -0.25) is 4.79 Å². The normalized spacial score (nSPS) is 14.8. The molecule has 5 heteroatoms. The highest BCUT2D eigenvalue weighted by atomic mass is 127. The predicted octanol–water partition coefficient (Wildman–Crippen LogP) is 5.23. The van der Waals surface area contributed by atoms with Crippen LogP contribution in [-0.4, -0.2) is 27.5 Å². The summed E-state index contributed by atoms with van der Waals surface area (Å²) in [6, 6.07) is 0. The summed E-state index contributed by atoms with van der Waals surface area (Å²) < 4.78 is 13.0. The van der Waals surface area contributed by atoms with Gasteiger partial charge in [-0.15, -0.1) is 0 Å². The van der Waals surface area contributed by atoms with Crippen LogP contribution >= 0.6 is 22.6 Å². The lowest BCUT2D eigenvalue weighted by molar-refractivity contribution is -0.140. The molecule has 0 amide bonds. The molecule has 0 rings (SSSR count). The predicted molar refractivity (Wildman–Crippen MR) is 100 cm³/mol. The Morgan fingerprint density at radius 3 is 2.38 bits per heavy atom. The smallest absolute Gasteiger partial charge is 0.305 e. The van der Waals surface area contributed by atoms with Crippen LogP contribution in [0.3, 0.4) is 0 Å². The molecule has 0 N–H and O–H groups in total. The first-order valence-electron chi connectivity index (χ1n) is 7.30. The molecular weight excluding hydrogens is 395 g/mol. The lowest BCUT2D eigenvalue weighted by atomic mass is 10.2. The van der Waals surface area contributed by atoms with Gasteiger partial charge in [0, 0.05) is 6.42 Å². The van der Waals surface area contributed by atoms with E-state index in [4.69, 9.17) is 4.43 Å². The first kappa shape index (κ1) is 20.9. The Morgan fingerprint density at radius 1 is 1.29 bits per heavy atom. The molecule has 0 saturated heterocycles. The molecule has 0 aromatic carbocycles. The zero-order chi connectivity index (χ0) is 16.5. The third-order valence-electron chi connectivity index (χ3n) is 3.82. The highest BCUT2D eigenvalue weighted by Crippen LogP contribution is 2.37. The Morgan fingerprint density at radius 2 is 1.90 bits per heavy atom. The molecule has 0 saturated carbocycles. The standard InChI is InChI=1S/C16H29IO3Si/c1-16(2,3)21(5,6)20-14(12-13-17)10-8-7-9-11-15(18)19-4/h7-8,12-14H,9-11H2,1-6H3/t14-/m0/s1. The van der Waals surface area contributed by atoms with Crippen LogP contribution in [0.1, 0.15) is 40.0 Å². The van der Waals surface area contributed by atoms with E-state index >= 15 is 0 Å². The summed E-state index contributed by atoms with van der Waals surface area (Å²) in [4.78, 5) is 11.0. The summed E-state index contributed by atoms with van der Waals surface area (Å²) in [6.45, 7) is 11.3. The van der Waals surface area contributed by atoms with E-state index < -0.39 is 8.32 Å². The van der Waals surface area contributed by atoms with Gasteiger partial charge in [0.05, 0.1) is 13.2 Å². The van der Waals surface area contributed by atoms with Crippen molar-refractivity contribution in [3.05, 3.63) is 22.3 Å². The monoisotopic (exact) mass is 424 g/mol. The van der Waals surface area contributed by atoms with Gasteiger partial charge < -0.3 is 9.16 Å². The average Bonchev–Trinajstić information content (AvgIpc) is 2.36. The molecule has 0 aliphatic carbocycles. The number of ether oxygens (including phenoxy) is 1. The minimum Gasteiger partial charge on any atom is -0.469 e. The quantitative estimate of drug-likeness (QED) is 0.232. The van der Waals surface area contributed by atoms with Gasteiger partial charge >= 0.3 is 5.97 Å². The van der Waals surface area contributed by atoms with E-state index in [0.29, 0.717) is 12.8 Å². The highest BCUT2D eigenvalue weighted by Gasteiger charge is 2.38. The maximum Gasteiger partial charge on any atom is 0.305 e. The van der Waals surface area contributed by atoms with Gasteiger partial charge in [0.25, 0.3) is 0 Å². The molecule has 0 bridgehead atoms. The topological polar surface area (TPSA) is 35.5 Å². The van der Waals surface area contributed by atoms with Crippen LogP contribution in [0.5, 0.6) is 0 Å². The third-order valence-corrected chi connectivity index (χ3v) is 8.74. The van der Waals surface area contributed by atoms with Gasteiger partial charge in [0.15, 0.2) is 8.32 Å². The Labute approximate surface area is 144 Å². The number of esters is 1. The number of hydrogen-bond donors (Lipinski definition) is 0. The fraction of sp³-hybridized carbons (Fsp3) is 0.688. The van der Waals surface area contributed by atoms with Gasteiger partial charge in [-0.05, 0) is 35.1 Å². The van der Waals surface area contributed by atoms with Crippen molar-refractivity contribution in [2.24, 2.45) is 0 Å². The van der Waals surface area contributed by atoms with Crippen molar-refractivity contribution >= 4 is 36.9 Å². The molecule has 0 heterocycles. The van der Waals surface area contributed by atoms with Crippen LogP contribution < -0.4 is 0 Å². The van der Waals surface area contributed by atoms with Gasteiger partial charge in [-0.25, -0.2) is 0 Å². The molecular formula is C16H29IO3Si. The van der Waals surface area contributed by atoms with Crippen molar-refractivity contribution < 1.29 is 14.0 Å². The molecule has 0 aromatic heterocycles. The van der Waals surface area contributed by atoms with E-state index in [1.54, 1.807) is 0 Å². The second-order valence-corrected chi connectivity index (χ2v) is 12.0. The molecule has 0 aliphatic rings. The molecule has 0 unspecified atom stereocenters. The van der Waals surface area contributed by atoms with Crippen LogP contribution in [0.4, 0.5) is 0 Å². The number of carbonyl (C=O) groups is 1. The molecule has 3 nitrogen and oxygen atoms in total. The molecule has 1 atom stereocenters. The lowest BCUT2D eigenvalue weighted by Gasteiger charge is -2.38. The first-order chi connectivity index (χ1) is 9.64. The van der Waals surface area contributed by atoms with E-state index in [0.717, 1.165) is 6.42 Å². The molecule has 0 aliphatic heterocycles. The van der Waals surface area contributed by atoms with Gasteiger partial charge in [-0.1, -0.05) is 61.6 Å². The second-order valence-electron chi connectivity index (χ2n) is 6.56. The van der Waals surface area contributed by atoms with E-state index in [9.17, 15) is 4.79 Å². The van der Waals surface area contributed by atoms with Crippen molar-refractivity contribution in [1.82, 2.24) is 0 Å². The fourth-order valence-electron chi connectivity index (χ4n) is 1.45. The largest absolute Gasteiger partial charge is 0.469 e. The number of allylic oxidation sites excluding steroid dienone is 1. The number of methoxy groups -OCH3 is 1. The summed E-state index contributed by atoms with van der Waals surface area (Å²) in [6.07, 6.45) is 8.32. The van der Waals surface area contributed by atoms with Crippen molar-refractivity contribution in [2.75, 3.05) is 7.11 Å². The maximum absolute atomic E-state index is 11.0. The van der Waals surface area contributed by atoms with Crippen LogP contribution in [0.25, 0.3) is 0 Å². The van der Waals surface area contributed by atoms with Crippen molar-refractivity contribution in [3.63, 3.8) is 0 Å². The van der Waals surface area contributed by atoms with Crippen molar-refractivity contribution in [2.45, 2.75) is 64.3 Å². The van der Waals surface area contributed by atoms with Gasteiger partial charge in [0.1, 0.15) is 0 Å². The average molecular weight is 424 g/mol. The highest BCUT2D eigenvalue weighted by molar-refractivity contribution is 14.1. The Hall–Kier alpha value is -0.143. The number of hydrogen-bond acceptors (Lipinski definition) is 3. The van der Waals surface area contributed by atoms with Crippen LogP contribution in [0.2, 0.25) is 18.1 Å². The number of rotatable bonds is 8. The van der Waals surface area contributed by atoms with Crippen molar-refractivity contribution in [3.8, 4) is 0 Å². The minimum atomic E-state index is -1.76. The molecule has 21 heavy (non-hydrogen) atoms. The van der Waals surface area contributed by atoms with Crippen molar-refractivity contribution in [1.29, 1.82) is 0 Å². The summed E-state index contributed by atoms with van der Waals surface area (Å²) in [5, 5.41) is 0.207. The summed E-state index contributed by atoms with van der Waals surface area (Å²) in [7, 11) is -0.343. The van der Waals surface area contributed by atoms with E-state index in [2.05, 4.69) is 73.3 Å². The Bertz CT molecular complexity index is 370. The molecule has 0 radical (unpaired) electrons. The van der Waals surface area contributed by atoms with E-state index in [1.165, 1.54) is 7.11 Å². The van der Waals surface area contributed by atoms with Crippen LogP contribution in [0, 0.1) is 0 Å². The molecule has 122 valence electrons. The number of halogens is 1. The molecule has 0 spiro atoms. The number of carbonyl (C=O) groups excluding carboxylic acids is 1. The van der Waals surface area contributed by atoms with Gasteiger partial charge in [-0.2, -0.15) is 0 Å². The third kappa shape index (κ3) is 8.78. The minimum absolute atomic E-state index is 0.108. The van der Waals surface area contributed by atoms with Crippen LogP contribution in [-0.2, 0) is 14.0 Å². The van der Waals surface area contributed by atoms with Gasteiger partial charge in [0.2, 0.25) is 0 Å². The fourth-order valence-corrected chi connectivity index (χ4v) is 3.20. The van der Waals surface area contributed by atoms with E-state index in [-0.39, 0.29) is 17.1 Å². The SMILES string of the molecule is COC(=O)CCC=CC[C@@H](C=CI)O[Si](C)(C)C(C)(C)C. The summed E-state index contributed by atoms with van der Waals surface area (Å²) in [5.41, 5.74) is 0. The van der Waals surface area contributed by atoms with E-state index in [1.807, 2.05) is 10.2 Å². The summed E-state index contributed by atoms with van der Waals surface area (Å²) >= 11 is 2.23. The summed E-state index contributed by atoms with van der Waals surface area (Å²) in [5.74, 6) is -0.166. The second kappa shape index (κ2) is 9.79.